The van der Waals surface area contributed by atoms with Gasteiger partial charge >= 0.3 is 0 Å². The highest BCUT2D eigenvalue weighted by Gasteiger charge is 2.33. The topological polar surface area (TPSA) is 58.2 Å². The minimum Gasteiger partial charge on any atom is -0.374 e. The average Bonchev–Trinajstić information content (AvgIpc) is 2.62. The van der Waals surface area contributed by atoms with Crippen LogP contribution in [0.25, 0.3) is 0 Å². The van der Waals surface area contributed by atoms with E-state index < -0.39 is 0 Å². The van der Waals surface area contributed by atoms with Gasteiger partial charge in [0.2, 0.25) is 0 Å². The molecule has 3 rings (SSSR count). The van der Waals surface area contributed by atoms with Crippen molar-refractivity contribution in [3.8, 4) is 24.7 Å². The standard InChI is InChI=1S/C20H14N2O2/c1-3-11-21-15-9-10-16(22-12-4-2)18-17(15)19(23)13-7-5-6-8-14(13)20(18)24/h1-2,5-10,21-22H,11-12H2. The first kappa shape index (κ1) is 15.4. The Balaban J connectivity index is 2.23. The van der Waals surface area contributed by atoms with Crippen LogP contribution in [0.2, 0.25) is 0 Å². The molecule has 0 bridgehead atoms. The lowest BCUT2D eigenvalue weighted by molar-refractivity contribution is 0.0980. The number of hydrogen-bond donors (Lipinski definition) is 2. The third-order valence-corrected chi connectivity index (χ3v) is 3.84. The molecule has 0 unspecified atom stereocenters. The molecule has 24 heavy (non-hydrogen) atoms. The lowest BCUT2D eigenvalue weighted by atomic mass is 9.82. The zero-order chi connectivity index (χ0) is 17.1. The maximum Gasteiger partial charge on any atom is 0.196 e. The van der Waals surface area contributed by atoms with Gasteiger partial charge in [-0.25, -0.2) is 0 Å². The van der Waals surface area contributed by atoms with Crippen molar-refractivity contribution in [2.45, 2.75) is 0 Å². The van der Waals surface area contributed by atoms with Crippen LogP contribution in [0.5, 0.6) is 0 Å². The molecule has 2 aromatic rings. The van der Waals surface area contributed by atoms with Crippen molar-refractivity contribution >= 4 is 22.9 Å². The molecular weight excluding hydrogens is 300 g/mol. The summed E-state index contributed by atoms with van der Waals surface area (Å²) in [5.41, 5.74) is 2.54. The Bertz CT molecular complexity index is 854. The van der Waals surface area contributed by atoms with Crippen LogP contribution < -0.4 is 10.6 Å². The molecule has 0 spiro atoms. The van der Waals surface area contributed by atoms with Gasteiger partial charge in [0.25, 0.3) is 0 Å². The molecule has 0 amide bonds. The largest absolute Gasteiger partial charge is 0.374 e. The highest BCUT2D eigenvalue weighted by Crippen LogP contribution is 2.36. The van der Waals surface area contributed by atoms with E-state index >= 15 is 0 Å². The molecule has 0 aromatic heterocycles. The van der Waals surface area contributed by atoms with Crippen LogP contribution in [0, 0.1) is 24.7 Å². The third-order valence-electron chi connectivity index (χ3n) is 3.84. The lowest BCUT2D eigenvalue weighted by Gasteiger charge is -2.23. The average molecular weight is 314 g/mol. The molecule has 1 aliphatic rings. The van der Waals surface area contributed by atoms with Gasteiger partial charge < -0.3 is 10.6 Å². The predicted octanol–water partition coefficient (Wildman–Crippen LogP) is 2.55. The van der Waals surface area contributed by atoms with Gasteiger partial charge in [0.15, 0.2) is 11.6 Å². The number of carbonyl (C=O) groups is 2. The molecule has 0 aliphatic heterocycles. The Morgan fingerprint density at radius 2 is 1.17 bits per heavy atom. The minimum atomic E-state index is -0.205. The van der Waals surface area contributed by atoms with Gasteiger partial charge in [-0.05, 0) is 12.1 Å². The number of ketones is 2. The van der Waals surface area contributed by atoms with Crippen molar-refractivity contribution < 1.29 is 9.59 Å². The molecule has 0 atom stereocenters. The number of fused-ring (bicyclic) bond motifs is 2. The molecule has 0 fully saturated rings. The molecule has 1 aliphatic carbocycles. The SMILES string of the molecule is C#CCNc1ccc(NCC#C)c2c1C(=O)c1ccccc1C2=O. The number of nitrogens with one attached hydrogen (secondary N) is 2. The highest BCUT2D eigenvalue weighted by molar-refractivity contribution is 6.31. The van der Waals surface area contributed by atoms with Crippen LogP contribution in [-0.4, -0.2) is 24.7 Å². The molecule has 0 radical (unpaired) electrons. The van der Waals surface area contributed by atoms with E-state index in [0.29, 0.717) is 33.6 Å². The summed E-state index contributed by atoms with van der Waals surface area (Å²) in [5.74, 6) is 4.53. The van der Waals surface area contributed by atoms with Crippen LogP contribution in [0.3, 0.4) is 0 Å². The van der Waals surface area contributed by atoms with Crippen LogP contribution in [-0.2, 0) is 0 Å². The highest BCUT2D eigenvalue weighted by atomic mass is 16.1. The smallest absolute Gasteiger partial charge is 0.196 e. The molecule has 116 valence electrons. The summed E-state index contributed by atoms with van der Waals surface area (Å²) in [6.07, 6.45) is 10.6. The number of terminal acetylenes is 2. The van der Waals surface area contributed by atoms with E-state index in [-0.39, 0.29) is 24.7 Å². The van der Waals surface area contributed by atoms with E-state index in [4.69, 9.17) is 12.8 Å². The fourth-order valence-corrected chi connectivity index (χ4v) is 2.81. The maximum atomic E-state index is 13.0. The number of hydrogen-bond acceptors (Lipinski definition) is 4. The van der Waals surface area contributed by atoms with E-state index in [2.05, 4.69) is 22.5 Å². The lowest BCUT2D eigenvalue weighted by Crippen LogP contribution is -2.24. The normalized spacial score (nSPS) is 11.8. The summed E-state index contributed by atoms with van der Waals surface area (Å²) in [7, 11) is 0. The van der Waals surface area contributed by atoms with E-state index in [9.17, 15) is 9.59 Å². The van der Waals surface area contributed by atoms with Crippen molar-refractivity contribution in [2.75, 3.05) is 23.7 Å². The number of carbonyl (C=O) groups excluding carboxylic acids is 2. The van der Waals surface area contributed by atoms with Crippen molar-refractivity contribution in [3.05, 3.63) is 58.7 Å². The Kier molecular flexibility index (Phi) is 4.05. The van der Waals surface area contributed by atoms with E-state index in [1.165, 1.54) is 0 Å². The first-order valence-corrected chi connectivity index (χ1v) is 7.39. The Morgan fingerprint density at radius 3 is 1.54 bits per heavy atom. The molecule has 0 heterocycles. The molecule has 0 saturated heterocycles. The molecule has 4 nitrogen and oxygen atoms in total. The molecule has 0 saturated carbocycles. The zero-order valence-electron chi connectivity index (χ0n) is 12.8. The first-order chi connectivity index (χ1) is 11.7. The van der Waals surface area contributed by atoms with Crippen molar-refractivity contribution in [2.24, 2.45) is 0 Å². The summed E-state index contributed by atoms with van der Waals surface area (Å²) in [4.78, 5) is 25.9. The van der Waals surface area contributed by atoms with Gasteiger partial charge in [-0.2, -0.15) is 0 Å². The van der Waals surface area contributed by atoms with Crippen LogP contribution >= 0.6 is 0 Å². The first-order valence-electron chi connectivity index (χ1n) is 7.39. The van der Waals surface area contributed by atoms with Gasteiger partial charge in [-0.15, -0.1) is 12.8 Å². The molecule has 2 N–H and O–H groups in total. The van der Waals surface area contributed by atoms with E-state index in [1.807, 2.05) is 0 Å². The predicted molar refractivity (Wildman–Crippen MR) is 94.4 cm³/mol. The van der Waals surface area contributed by atoms with Crippen LogP contribution in [0.1, 0.15) is 31.8 Å². The van der Waals surface area contributed by atoms with E-state index in [1.54, 1.807) is 36.4 Å². The summed E-state index contributed by atoms with van der Waals surface area (Å²) >= 11 is 0. The van der Waals surface area contributed by atoms with Crippen molar-refractivity contribution in [1.82, 2.24) is 0 Å². The van der Waals surface area contributed by atoms with Crippen LogP contribution in [0.4, 0.5) is 11.4 Å². The Hall–Kier alpha value is -3.50. The summed E-state index contributed by atoms with van der Waals surface area (Å²) in [6, 6.07) is 10.3. The molecule has 2 aromatic carbocycles. The summed E-state index contributed by atoms with van der Waals surface area (Å²) in [5, 5.41) is 6.02. The zero-order valence-corrected chi connectivity index (χ0v) is 12.8. The molecular formula is C20H14N2O2. The number of rotatable bonds is 4. The van der Waals surface area contributed by atoms with Gasteiger partial charge in [-0.3, -0.25) is 9.59 Å². The van der Waals surface area contributed by atoms with Crippen molar-refractivity contribution in [1.29, 1.82) is 0 Å². The number of anilines is 2. The minimum absolute atomic E-state index is 0.205. The van der Waals surface area contributed by atoms with E-state index in [0.717, 1.165) is 0 Å². The second kappa shape index (κ2) is 6.32. The third kappa shape index (κ3) is 2.41. The maximum absolute atomic E-state index is 13.0. The number of benzene rings is 2. The molecule has 4 heteroatoms. The fourth-order valence-electron chi connectivity index (χ4n) is 2.81. The Morgan fingerprint density at radius 1 is 0.750 bits per heavy atom. The summed E-state index contributed by atoms with van der Waals surface area (Å²) < 4.78 is 0. The monoisotopic (exact) mass is 314 g/mol. The fraction of sp³-hybridized carbons (Fsp3) is 0.100. The van der Waals surface area contributed by atoms with Gasteiger partial charge in [-0.1, -0.05) is 36.1 Å². The van der Waals surface area contributed by atoms with Crippen molar-refractivity contribution in [3.63, 3.8) is 0 Å². The second-order valence-electron chi connectivity index (χ2n) is 5.23. The van der Waals surface area contributed by atoms with Crippen LogP contribution in [0.15, 0.2) is 36.4 Å². The quantitative estimate of drug-likeness (QED) is 0.727. The second-order valence-corrected chi connectivity index (χ2v) is 5.23. The Labute approximate surface area is 140 Å². The summed E-state index contributed by atoms with van der Waals surface area (Å²) in [6.45, 7) is 0.513. The van der Waals surface area contributed by atoms with Gasteiger partial charge in [0, 0.05) is 22.5 Å². The van der Waals surface area contributed by atoms with Gasteiger partial charge in [0.1, 0.15) is 0 Å². The van der Waals surface area contributed by atoms with Gasteiger partial charge in [0.05, 0.1) is 24.2 Å².